The molecule has 1 aromatic carbocycles. The molecular weight excluding hydrogens is 250 g/mol. The third-order valence-electron chi connectivity index (χ3n) is 2.82. The number of aliphatic hydroxyl groups excluding tert-OH is 1. The Morgan fingerprint density at radius 2 is 2.16 bits per heavy atom. The van der Waals surface area contributed by atoms with E-state index in [0.717, 1.165) is 0 Å². The van der Waals surface area contributed by atoms with Crippen molar-refractivity contribution < 1.29 is 15.2 Å². The van der Waals surface area contributed by atoms with E-state index < -0.39 is 9.57 Å². The Balaban J connectivity index is 3.15. The van der Waals surface area contributed by atoms with E-state index in [2.05, 4.69) is 5.32 Å². The van der Waals surface area contributed by atoms with Crippen LogP contribution >= 0.6 is 0 Å². The summed E-state index contributed by atoms with van der Waals surface area (Å²) in [6.07, 6.45) is 0.360. The fourth-order valence-corrected chi connectivity index (χ4v) is 1.89. The third-order valence-corrected chi connectivity index (χ3v) is 2.82. The van der Waals surface area contributed by atoms with E-state index in [9.17, 15) is 15.3 Å². The number of benzene rings is 1. The Morgan fingerprint density at radius 3 is 2.68 bits per heavy atom. The van der Waals surface area contributed by atoms with E-state index in [0.29, 0.717) is 18.7 Å². The number of nitro groups is 1. The molecule has 0 amide bonds. The average molecular weight is 270 g/mol. The molecule has 0 radical (unpaired) electrons. The lowest BCUT2D eigenvalue weighted by molar-refractivity contribution is -0.385. The van der Waals surface area contributed by atoms with Gasteiger partial charge in [0.25, 0.3) is 0 Å². The van der Waals surface area contributed by atoms with Gasteiger partial charge in [-0.3, -0.25) is 10.1 Å². The molecule has 1 unspecified atom stereocenters. The van der Waals surface area contributed by atoms with Crippen LogP contribution in [-0.4, -0.2) is 42.0 Å². The van der Waals surface area contributed by atoms with Gasteiger partial charge in [-0.25, -0.2) is 5.21 Å². The highest BCUT2D eigenvalue weighted by atomic mass is 16.6. The summed E-state index contributed by atoms with van der Waals surface area (Å²) in [5.41, 5.74) is 0.710. The van der Waals surface area contributed by atoms with Gasteiger partial charge in [-0.05, 0) is 13.0 Å². The lowest BCUT2D eigenvalue weighted by atomic mass is 10.2. The van der Waals surface area contributed by atoms with Crippen LogP contribution in [0.15, 0.2) is 18.2 Å². The number of nitrogens with zero attached hydrogens (tertiary/aromatic N) is 2. The van der Waals surface area contributed by atoms with Gasteiger partial charge < -0.3 is 10.4 Å². The fraction of sp³-hybridized carbons (Fsp3) is 0.500. The van der Waals surface area contributed by atoms with Gasteiger partial charge in [0.15, 0.2) is 0 Å². The molecule has 0 fully saturated rings. The van der Waals surface area contributed by atoms with E-state index in [-0.39, 0.29) is 24.5 Å². The van der Waals surface area contributed by atoms with Gasteiger partial charge in [0.1, 0.15) is 13.6 Å². The highest BCUT2D eigenvalue weighted by Crippen LogP contribution is 2.33. The number of anilines is 1. The molecule has 0 saturated heterocycles. The topological polar surface area (TPSA) is 95.6 Å². The molecule has 7 heteroatoms. The van der Waals surface area contributed by atoms with Gasteiger partial charge >= 0.3 is 5.69 Å². The summed E-state index contributed by atoms with van der Waals surface area (Å²) >= 11 is 0. The predicted octanol–water partition coefficient (Wildman–Crippen LogP) is 1.74. The van der Waals surface area contributed by atoms with E-state index in [1.54, 1.807) is 6.07 Å². The summed E-state index contributed by atoms with van der Waals surface area (Å²) in [5, 5.41) is 33.2. The SMILES string of the molecule is CCNc1ccc([N+](C)(O)CCCO)c([N+](=O)[O-])c1. The maximum atomic E-state index is 11.1. The van der Waals surface area contributed by atoms with Crippen molar-refractivity contribution in [2.75, 3.05) is 32.1 Å². The summed E-state index contributed by atoms with van der Waals surface area (Å²) in [7, 11) is 1.46. The van der Waals surface area contributed by atoms with Gasteiger partial charge in [0, 0.05) is 37.4 Å². The fourth-order valence-electron chi connectivity index (χ4n) is 1.89. The summed E-state index contributed by atoms with van der Waals surface area (Å²) in [6, 6.07) is 4.63. The zero-order valence-electron chi connectivity index (χ0n) is 11.2. The summed E-state index contributed by atoms with van der Waals surface area (Å²) in [4.78, 5) is 10.6. The normalized spacial score (nSPS) is 13.9. The zero-order valence-corrected chi connectivity index (χ0v) is 11.2. The molecule has 0 aliphatic rings. The summed E-state index contributed by atoms with van der Waals surface area (Å²) < 4.78 is -0.622. The smallest absolute Gasteiger partial charge is 0.334 e. The first kappa shape index (κ1) is 15.4. The molecule has 0 bridgehead atoms. The largest absolute Gasteiger partial charge is 0.396 e. The van der Waals surface area contributed by atoms with Gasteiger partial charge in [-0.2, -0.15) is 0 Å². The molecule has 1 rings (SSSR count). The van der Waals surface area contributed by atoms with E-state index >= 15 is 0 Å². The molecular formula is C12H20N3O4+. The molecule has 0 spiro atoms. The van der Waals surface area contributed by atoms with Crippen LogP contribution in [-0.2, 0) is 0 Å². The van der Waals surface area contributed by atoms with E-state index in [4.69, 9.17) is 5.11 Å². The van der Waals surface area contributed by atoms with Crippen LogP contribution < -0.4 is 9.96 Å². The van der Waals surface area contributed by atoms with Crippen molar-refractivity contribution in [3.05, 3.63) is 28.3 Å². The minimum absolute atomic E-state index is 0.0718. The number of hydroxylamine groups is 2. The van der Waals surface area contributed by atoms with Gasteiger partial charge in [0.2, 0.25) is 5.69 Å². The molecule has 106 valence electrons. The minimum atomic E-state index is -0.622. The maximum Gasteiger partial charge on any atom is 0.334 e. The molecule has 0 aromatic heterocycles. The first-order valence-corrected chi connectivity index (χ1v) is 6.14. The molecule has 1 aromatic rings. The number of hydrogen-bond acceptors (Lipinski definition) is 5. The summed E-state index contributed by atoms with van der Waals surface area (Å²) in [5.74, 6) is 0. The number of nitro benzene ring substituents is 1. The number of rotatable bonds is 7. The van der Waals surface area contributed by atoms with Gasteiger partial charge in [-0.1, -0.05) is 0 Å². The van der Waals surface area contributed by atoms with Crippen molar-refractivity contribution in [1.82, 2.24) is 4.65 Å². The Labute approximate surface area is 111 Å². The van der Waals surface area contributed by atoms with Crippen LogP contribution in [0, 0.1) is 10.1 Å². The van der Waals surface area contributed by atoms with Crippen LogP contribution in [0.1, 0.15) is 13.3 Å². The molecule has 7 nitrogen and oxygen atoms in total. The van der Waals surface area contributed by atoms with E-state index in [1.807, 2.05) is 6.92 Å². The van der Waals surface area contributed by atoms with Crippen molar-refractivity contribution in [2.45, 2.75) is 13.3 Å². The lowest BCUT2D eigenvalue weighted by Gasteiger charge is -2.24. The number of quaternary nitrogens is 1. The van der Waals surface area contributed by atoms with Crippen molar-refractivity contribution in [3.63, 3.8) is 0 Å². The number of nitrogens with one attached hydrogen (secondary N) is 1. The second-order valence-electron chi connectivity index (χ2n) is 4.43. The Bertz CT molecular complexity index is 449. The number of hydrogen-bond donors (Lipinski definition) is 3. The molecule has 1 atom stereocenters. The molecule has 0 saturated carbocycles. The van der Waals surface area contributed by atoms with Gasteiger partial charge in [-0.15, -0.1) is 4.65 Å². The predicted molar refractivity (Wildman–Crippen MR) is 73.3 cm³/mol. The van der Waals surface area contributed by atoms with Crippen LogP contribution in [0.2, 0.25) is 0 Å². The van der Waals surface area contributed by atoms with Crippen molar-refractivity contribution in [2.24, 2.45) is 0 Å². The molecule has 0 aliphatic carbocycles. The Hall–Kier alpha value is -1.70. The van der Waals surface area contributed by atoms with E-state index in [1.165, 1.54) is 19.2 Å². The van der Waals surface area contributed by atoms with Crippen LogP contribution in [0.5, 0.6) is 0 Å². The first-order valence-electron chi connectivity index (χ1n) is 6.14. The first-order chi connectivity index (χ1) is 8.92. The second-order valence-corrected chi connectivity index (χ2v) is 4.43. The highest BCUT2D eigenvalue weighted by Gasteiger charge is 2.32. The quantitative estimate of drug-likeness (QED) is 0.398. The molecule has 3 N–H and O–H groups in total. The molecule has 0 aliphatic heterocycles. The third kappa shape index (κ3) is 3.88. The Kier molecular flexibility index (Phi) is 5.22. The molecule has 0 heterocycles. The van der Waals surface area contributed by atoms with Crippen molar-refractivity contribution in [3.8, 4) is 0 Å². The summed E-state index contributed by atoms with van der Waals surface area (Å²) in [6.45, 7) is 2.69. The van der Waals surface area contributed by atoms with Gasteiger partial charge in [0.05, 0.1) is 4.92 Å². The lowest BCUT2D eigenvalue weighted by Crippen LogP contribution is -2.42. The van der Waals surface area contributed by atoms with Crippen LogP contribution in [0.4, 0.5) is 17.1 Å². The average Bonchev–Trinajstić information content (AvgIpc) is 2.36. The Morgan fingerprint density at radius 1 is 1.47 bits per heavy atom. The van der Waals surface area contributed by atoms with Crippen LogP contribution in [0.25, 0.3) is 0 Å². The second kappa shape index (κ2) is 6.46. The monoisotopic (exact) mass is 270 g/mol. The highest BCUT2D eigenvalue weighted by molar-refractivity contribution is 5.66. The van der Waals surface area contributed by atoms with Crippen molar-refractivity contribution in [1.29, 1.82) is 0 Å². The zero-order chi connectivity index (χ0) is 14.5. The van der Waals surface area contributed by atoms with Crippen molar-refractivity contribution >= 4 is 17.1 Å². The number of aliphatic hydroxyl groups is 1. The van der Waals surface area contributed by atoms with Crippen LogP contribution in [0.3, 0.4) is 0 Å². The maximum absolute atomic E-state index is 11.1. The molecule has 19 heavy (non-hydrogen) atoms. The standard InChI is InChI=1S/C12H20N3O4/c1-3-13-10-5-6-12(11(9-10)14(17)18)15(2,19)7-4-8-16/h5-6,9,13,16,19H,3-4,7-8H2,1-2H3/q+1. The minimum Gasteiger partial charge on any atom is -0.396 e.